The molecule has 1 saturated heterocycles. The highest BCUT2D eigenvalue weighted by Crippen LogP contribution is 2.28. The summed E-state index contributed by atoms with van der Waals surface area (Å²) in [6, 6.07) is 5.78. The zero-order chi connectivity index (χ0) is 19.5. The molecule has 8 heteroatoms. The summed E-state index contributed by atoms with van der Waals surface area (Å²) in [5.74, 6) is 1.68. The van der Waals surface area contributed by atoms with Crippen molar-refractivity contribution >= 4 is 17.5 Å². The summed E-state index contributed by atoms with van der Waals surface area (Å²) < 4.78 is 5.47. The van der Waals surface area contributed by atoms with E-state index in [0.717, 1.165) is 24.2 Å². The molecular formula is C20H22N6O2. The van der Waals surface area contributed by atoms with Crippen LogP contribution in [0, 0.1) is 13.8 Å². The van der Waals surface area contributed by atoms with E-state index in [1.54, 1.807) is 38.5 Å². The van der Waals surface area contributed by atoms with Crippen LogP contribution in [0.4, 0.5) is 11.6 Å². The van der Waals surface area contributed by atoms with Gasteiger partial charge in [0.2, 0.25) is 11.7 Å². The minimum Gasteiger partial charge on any atom is -0.436 e. The van der Waals surface area contributed by atoms with Crippen molar-refractivity contribution in [2.24, 2.45) is 0 Å². The summed E-state index contributed by atoms with van der Waals surface area (Å²) in [7, 11) is 0. The lowest BCUT2D eigenvalue weighted by Gasteiger charge is -2.31. The van der Waals surface area contributed by atoms with Crippen molar-refractivity contribution in [1.82, 2.24) is 24.8 Å². The number of piperidine rings is 1. The predicted octanol–water partition coefficient (Wildman–Crippen LogP) is 3.24. The third-order valence-electron chi connectivity index (χ3n) is 4.91. The molecule has 1 amide bonds. The second-order valence-corrected chi connectivity index (χ2v) is 6.88. The average Bonchev–Trinajstić information content (AvgIpc) is 3.07. The first kappa shape index (κ1) is 18.1. The van der Waals surface area contributed by atoms with Crippen molar-refractivity contribution < 1.29 is 9.21 Å². The SMILES string of the molecule is Cc1nc(C)c(C(=O)N2CCC(c3ccc(Nc4ncccn4)cn3)CC2)o1. The number of anilines is 2. The van der Waals surface area contributed by atoms with Gasteiger partial charge in [-0.2, -0.15) is 0 Å². The number of carbonyl (C=O) groups excluding carboxylic acids is 1. The van der Waals surface area contributed by atoms with Crippen LogP contribution in [-0.2, 0) is 0 Å². The summed E-state index contributed by atoms with van der Waals surface area (Å²) >= 11 is 0. The molecular weight excluding hydrogens is 356 g/mol. The highest BCUT2D eigenvalue weighted by molar-refractivity contribution is 5.92. The summed E-state index contributed by atoms with van der Waals surface area (Å²) in [6.07, 6.45) is 6.92. The van der Waals surface area contributed by atoms with Crippen molar-refractivity contribution in [2.75, 3.05) is 18.4 Å². The zero-order valence-electron chi connectivity index (χ0n) is 15.9. The number of hydrogen-bond donors (Lipinski definition) is 1. The summed E-state index contributed by atoms with van der Waals surface area (Å²) in [5.41, 5.74) is 2.54. The Kier molecular flexibility index (Phi) is 5.01. The Morgan fingerprint density at radius 2 is 1.89 bits per heavy atom. The van der Waals surface area contributed by atoms with E-state index in [9.17, 15) is 4.79 Å². The zero-order valence-corrected chi connectivity index (χ0v) is 15.9. The number of pyridine rings is 1. The van der Waals surface area contributed by atoms with Gasteiger partial charge in [-0.1, -0.05) is 0 Å². The molecule has 0 unspecified atom stereocenters. The molecule has 0 saturated carbocycles. The van der Waals surface area contributed by atoms with Crippen molar-refractivity contribution in [1.29, 1.82) is 0 Å². The van der Waals surface area contributed by atoms with Crippen molar-refractivity contribution in [3.8, 4) is 0 Å². The third kappa shape index (κ3) is 3.85. The molecule has 1 fully saturated rings. The van der Waals surface area contributed by atoms with E-state index in [2.05, 4.69) is 25.3 Å². The predicted molar refractivity (Wildman–Crippen MR) is 103 cm³/mol. The minimum absolute atomic E-state index is 0.0769. The fourth-order valence-corrected chi connectivity index (χ4v) is 3.47. The van der Waals surface area contributed by atoms with E-state index in [1.165, 1.54) is 0 Å². The maximum atomic E-state index is 12.7. The van der Waals surface area contributed by atoms with Gasteiger partial charge in [-0.05, 0) is 38.0 Å². The van der Waals surface area contributed by atoms with Crippen LogP contribution in [0.5, 0.6) is 0 Å². The Morgan fingerprint density at radius 1 is 1.14 bits per heavy atom. The van der Waals surface area contributed by atoms with Crippen LogP contribution >= 0.6 is 0 Å². The lowest BCUT2D eigenvalue weighted by Crippen LogP contribution is -2.38. The van der Waals surface area contributed by atoms with E-state index in [-0.39, 0.29) is 5.91 Å². The maximum absolute atomic E-state index is 12.7. The van der Waals surface area contributed by atoms with Gasteiger partial charge in [0, 0.05) is 44.0 Å². The van der Waals surface area contributed by atoms with Crippen LogP contribution in [0.2, 0.25) is 0 Å². The summed E-state index contributed by atoms with van der Waals surface area (Å²) in [6.45, 7) is 4.92. The number of aryl methyl sites for hydroxylation is 2. The van der Waals surface area contributed by atoms with E-state index in [1.807, 2.05) is 17.0 Å². The first-order valence-corrected chi connectivity index (χ1v) is 9.33. The molecule has 0 aliphatic carbocycles. The second kappa shape index (κ2) is 7.75. The van der Waals surface area contributed by atoms with Crippen LogP contribution in [0.15, 0.2) is 41.2 Å². The molecule has 0 bridgehead atoms. The third-order valence-corrected chi connectivity index (χ3v) is 4.91. The molecule has 3 aromatic rings. The molecule has 8 nitrogen and oxygen atoms in total. The van der Waals surface area contributed by atoms with E-state index >= 15 is 0 Å². The van der Waals surface area contributed by atoms with Crippen molar-refractivity contribution in [3.05, 3.63) is 59.8 Å². The first-order chi connectivity index (χ1) is 13.6. The monoisotopic (exact) mass is 378 g/mol. The van der Waals surface area contributed by atoms with Gasteiger partial charge in [-0.25, -0.2) is 15.0 Å². The fraction of sp³-hybridized carbons (Fsp3) is 0.350. The van der Waals surface area contributed by atoms with Crippen molar-refractivity contribution in [3.63, 3.8) is 0 Å². The van der Waals surface area contributed by atoms with Crippen molar-refractivity contribution in [2.45, 2.75) is 32.6 Å². The molecule has 1 aliphatic heterocycles. The number of oxazole rings is 1. The second-order valence-electron chi connectivity index (χ2n) is 6.88. The standard InChI is InChI=1S/C20H22N6O2/c1-13-18(28-14(2)24-13)19(27)26-10-6-15(7-11-26)17-5-4-16(12-23-17)25-20-21-8-3-9-22-20/h3-5,8-9,12,15H,6-7,10-11H2,1-2H3,(H,21,22,25). The Labute approximate surface area is 163 Å². The molecule has 1 aliphatic rings. The van der Waals surface area contributed by atoms with E-state index in [4.69, 9.17) is 4.42 Å². The first-order valence-electron chi connectivity index (χ1n) is 9.33. The molecule has 0 atom stereocenters. The lowest BCUT2D eigenvalue weighted by atomic mass is 9.93. The molecule has 3 aromatic heterocycles. The van der Waals surface area contributed by atoms with Crippen LogP contribution in [0.3, 0.4) is 0 Å². The lowest BCUT2D eigenvalue weighted by molar-refractivity contribution is 0.0677. The Balaban J connectivity index is 1.36. The topological polar surface area (TPSA) is 97.0 Å². The van der Waals surface area contributed by atoms with Gasteiger partial charge in [0.15, 0.2) is 5.89 Å². The van der Waals surface area contributed by atoms with Gasteiger partial charge in [-0.15, -0.1) is 0 Å². The quantitative estimate of drug-likeness (QED) is 0.744. The minimum atomic E-state index is -0.0769. The van der Waals surface area contributed by atoms with Gasteiger partial charge in [0.25, 0.3) is 5.91 Å². The van der Waals surface area contributed by atoms with E-state index < -0.39 is 0 Å². The Hall–Kier alpha value is -3.29. The Bertz CT molecular complexity index is 947. The van der Waals surface area contributed by atoms with Crippen LogP contribution in [0.1, 0.15) is 46.6 Å². The summed E-state index contributed by atoms with van der Waals surface area (Å²) in [4.78, 5) is 31.6. The average molecular weight is 378 g/mol. The summed E-state index contributed by atoms with van der Waals surface area (Å²) in [5, 5.41) is 3.13. The van der Waals surface area contributed by atoms with Gasteiger partial charge in [0.05, 0.1) is 17.6 Å². The highest BCUT2D eigenvalue weighted by Gasteiger charge is 2.28. The largest absolute Gasteiger partial charge is 0.436 e. The van der Waals surface area contributed by atoms with Crippen LogP contribution in [0.25, 0.3) is 0 Å². The number of rotatable bonds is 4. The number of carbonyl (C=O) groups is 1. The van der Waals surface area contributed by atoms with Gasteiger partial charge < -0.3 is 14.6 Å². The molecule has 4 heterocycles. The number of amides is 1. The normalized spacial score (nSPS) is 14.9. The van der Waals surface area contributed by atoms with Gasteiger partial charge in [-0.3, -0.25) is 9.78 Å². The Morgan fingerprint density at radius 3 is 2.50 bits per heavy atom. The number of nitrogens with one attached hydrogen (secondary N) is 1. The number of hydrogen-bond acceptors (Lipinski definition) is 7. The number of likely N-dealkylation sites (tertiary alicyclic amines) is 1. The van der Waals surface area contributed by atoms with Gasteiger partial charge in [0.1, 0.15) is 0 Å². The molecule has 0 radical (unpaired) electrons. The molecule has 4 rings (SSSR count). The maximum Gasteiger partial charge on any atom is 0.291 e. The van der Waals surface area contributed by atoms with Crippen LogP contribution < -0.4 is 5.32 Å². The fourth-order valence-electron chi connectivity index (χ4n) is 3.47. The highest BCUT2D eigenvalue weighted by atomic mass is 16.4. The molecule has 28 heavy (non-hydrogen) atoms. The molecule has 1 N–H and O–H groups in total. The smallest absolute Gasteiger partial charge is 0.291 e. The van der Waals surface area contributed by atoms with E-state index in [0.29, 0.717) is 42.3 Å². The molecule has 0 spiro atoms. The number of nitrogens with zero attached hydrogens (tertiary/aromatic N) is 5. The molecule has 144 valence electrons. The molecule has 0 aromatic carbocycles. The van der Waals surface area contributed by atoms with Crippen LogP contribution in [-0.4, -0.2) is 43.8 Å². The van der Waals surface area contributed by atoms with Gasteiger partial charge >= 0.3 is 0 Å². The number of aromatic nitrogens is 4.